The van der Waals surface area contributed by atoms with Gasteiger partial charge in [0, 0.05) is 23.3 Å². The first-order valence-corrected chi connectivity index (χ1v) is 6.32. The Hall–Kier alpha value is -1.70. The Morgan fingerprint density at radius 1 is 1.63 bits per heavy atom. The fourth-order valence-electron chi connectivity index (χ4n) is 1.69. The van der Waals surface area contributed by atoms with Crippen LogP contribution in [0.3, 0.4) is 0 Å². The molecule has 0 saturated carbocycles. The summed E-state index contributed by atoms with van der Waals surface area (Å²) in [5, 5.41) is 20.3. The minimum Gasteiger partial charge on any atom is -0.480 e. The van der Waals surface area contributed by atoms with E-state index in [1.165, 1.54) is 31.0 Å². The summed E-state index contributed by atoms with van der Waals surface area (Å²) >= 11 is 3.11. The van der Waals surface area contributed by atoms with Gasteiger partial charge in [-0.25, -0.2) is 9.78 Å². The van der Waals surface area contributed by atoms with Gasteiger partial charge in [-0.3, -0.25) is 10.1 Å². The molecule has 0 bridgehead atoms. The Kier molecular flexibility index (Phi) is 4.46. The Morgan fingerprint density at radius 3 is 2.63 bits per heavy atom. The maximum atomic E-state index is 11.3. The SMILES string of the molecule is CCN(c1ncc(Br)cc1[N+](=O)[O-])C(C)(C)C(=O)O. The molecule has 104 valence electrons. The number of rotatable bonds is 5. The number of carboxylic acid groups (broad SMARTS) is 1. The number of nitrogens with zero attached hydrogens (tertiary/aromatic N) is 3. The van der Waals surface area contributed by atoms with Gasteiger partial charge < -0.3 is 10.0 Å². The van der Waals surface area contributed by atoms with Crippen molar-refractivity contribution in [3.05, 3.63) is 26.9 Å². The van der Waals surface area contributed by atoms with Crippen LogP contribution < -0.4 is 4.90 Å². The molecule has 0 saturated heterocycles. The summed E-state index contributed by atoms with van der Waals surface area (Å²) in [6.07, 6.45) is 1.41. The third kappa shape index (κ3) is 3.01. The number of nitro groups is 1. The second kappa shape index (κ2) is 5.52. The van der Waals surface area contributed by atoms with Gasteiger partial charge in [0.15, 0.2) is 0 Å². The molecule has 1 rings (SSSR count). The topological polar surface area (TPSA) is 96.6 Å². The maximum absolute atomic E-state index is 11.3. The molecule has 19 heavy (non-hydrogen) atoms. The first-order chi connectivity index (χ1) is 8.71. The number of aliphatic carboxylic acids is 1. The quantitative estimate of drug-likeness (QED) is 0.657. The molecule has 0 fully saturated rings. The lowest BCUT2D eigenvalue weighted by atomic mass is 10.0. The molecule has 8 heteroatoms. The molecule has 7 nitrogen and oxygen atoms in total. The number of halogens is 1. The van der Waals surface area contributed by atoms with Crippen LogP contribution in [-0.4, -0.2) is 33.1 Å². The lowest BCUT2D eigenvalue weighted by molar-refractivity contribution is -0.384. The molecule has 0 unspecified atom stereocenters. The molecule has 0 aliphatic rings. The fraction of sp³-hybridized carbons (Fsp3) is 0.455. The van der Waals surface area contributed by atoms with E-state index in [-0.39, 0.29) is 18.1 Å². The average Bonchev–Trinajstić information content (AvgIpc) is 2.31. The predicted octanol–water partition coefficient (Wildman–Crippen LogP) is 2.44. The highest BCUT2D eigenvalue weighted by Crippen LogP contribution is 2.32. The number of carboxylic acids is 1. The number of pyridine rings is 1. The van der Waals surface area contributed by atoms with Crippen LogP contribution in [0.4, 0.5) is 11.5 Å². The summed E-state index contributed by atoms with van der Waals surface area (Å²) in [6, 6.07) is 1.31. The van der Waals surface area contributed by atoms with Gasteiger partial charge in [-0.1, -0.05) is 0 Å². The molecule has 1 heterocycles. The van der Waals surface area contributed by atoms with Crippen molar-refractivity contribution in [2.45, 2.75) is 26.3 Å². The Morgan fingerprint density at radius 2 is 2.21 bits per heavy atom. The Bertz CT molecular complexity index is 519. The van der Waals surface area contributed by atoms with Crippen LogP contribution in [0.1, 0.15) is 20.8 Å². The van der Waals surface area contributed by atoms with E-state index in [1.807, 2.05) is 0 Å². The van der Waals surface area contributed by atoms with Crippen molar-refractivity contribution in [3.8, 4) is 0 Å². The number of likely N-dealkylation sites (N-methyl/N-ethyl adjacent to an activating group) is 1. The summed E-state index contributed by atoms with van der Waals surface area (Å²) in [6.45, 7) is 4.96. The minimum absolute atomic E-state index is 0.0445. The van der Waals surface area contributed by atoms with Gasteiger partial charge in [0.2, 0.25) is 5.82 Å². The second-order valence-corrected chi connectivity index (χ2v) is 5.28. The zero-order valence-corrected chi connectivity index (χ0v) is 12.3. The Balaban J connectivity index is 3.42. The number of aromatic nitrogens is 1. The lowest BCUT2D eigenvalue weighted by Gasteiger charge is -2.34. The number of anilines is 1. The predicted molar refractivity (Wildman–Crippen MR) is 73.3 cm³/mol. The van der Waals surface area contributed by atoms with Crippen molar-refractivity contribution in [3.63, 3.8) is 0 Å². The van der Waals surface area contributed by atoms with Crippen LogP contribution in [-0.2, 0) is 4.79 Å². The molecule has 0 aliphatic heterocycles. The van der Waals surface area contributed by atoms with Gasteiger partial charge in [-0.2, -0.15) is 0 Å². The van der Waals surface area contributed by atoms with Gasteiger partial charge in [0.1, 0.15) is 5.54 Å². The summed E-state index contributed by atoms with van der Waals surface area (Å²) < 4.78 is 0.465. The Labute approximate surface area is 118 Å². The zero-order valence-electron chi connectivity index (χ0n) is 10.8. The van der Waals surface area contributed by atoms with E-state index in [0.29, 0.717) is 4.47 Å². The normalized spacial score (nSPS) is 11.2. The van der Waals surface area contributed by atoms with Crippen molar-refractivity contribution in [1.29, 1.82) is 0 Å². The highest BCUT2D eigenvalue weighted by molar-refractivity contribution is 9.10. The minimum atomic E-state index is -1.29. The molecule has 1 aromatic rings. The maximum Gasteiger partial charge on any atom is 0.329 e. The van der Waals surface area contributed by atoms with Crippen molar-refractivity contribution in [1.82, 2.24) is 4.98 Å². The smallest absolute Gasteiger partial charge is 0.329 e. The number of hydrogen-bond donors (Lipinski definition) is 1. The van der Waals surface area contributed by atoms with Crippen LogP contribution in [0, 0.1) is 10.1 Å². The monoisotopic (exact) mass is 331 g/mol. The van der Waals surface area contributed by atoms with Crippen LogP contribution in [0.5, 0.6) is 0 Å². The van der Waals surface area contributed by atoms with Gasteiger partial charge in [0.05, 0.1) is 4.92 Å². The van der Waals surface area contributed by atoms with Crippen molar-refractivity contribution >= 4 is 33.4 Å². The third-order valence-electron chi connectivity index (χ3n) is 2.78. The molecule has 1 N–H and O–H groups in total. The van der Waals surface area contributed by atoms with Gasteiger partial charge in [-0.05, 0) is 36.7 Å². The van der Waals surface area contributed by atoms with E-state index in [2.05, 4.69) is 20.9 Å². The molecule has 0 aliphatic carbocycles. The second-order valence-electron chi connectivity index (χ2n) is 4.36. The zero-order chi connectivity index (χ0) is 14.8. The van der Waals surface area contributed by atoms with E-state index in [1.54, 1.807) is 6.92 Å². The van der Waals surface area contributed by atoms with E-state index < -0.39 is 16.4 Å². The summed E-state index contributed by atoms with van der Waals surface area (Å²) in [4.78, 5) is 27.2. The molecular formula is C11H14BrN3O4. The molecule has 1 aromatic heterocycles. The van der Waals surface area contributed by atoms with E-state index in [9.17, 15) is 20.0 Å². The average molecular weight is 332 g/mol. The largest absolute Gasteiger partial charge is 0.480 e. The molecule has 0 spiro atoms. The molecule has 0 amide bonds. The van der Waals surface area contributed by atoms with Crippen LogP contribution in [0.15, 0.2) is 16.7 Å². The lowest BCUT2D eigenvalue weighted by Crippen LogP contribution is -2.50. The number of carbonyl (C=O) groups is 1. The molecule has 0 aromatic carbocycles. The van der Waals surface area contributed by atoms with Crippen LogP contribution >= 0.6 is 15.9 Å². The van der Waals surface area contributed by atoms with Crippen molar-refractivity contribution in [2.75, 3.05) is 11.4 Å². The van der Waals surface area contributed by atoms with E-state index in [0.717, 1.165) is 0 Å². The van der Waals surface area contributed by atoms with Gasteiger partial charge >= 0.3 is 11.7 Å². The number of hydrogen-bond acceptors (Lipinski definition) is 5. The first-order valence-electron chi connectivity index (χ1n) is 5.52. The molecule has 0 radical (unpaired) electrons. The van der Waals surface area contributed by atoms with Crippen molar-refractivity contribution < 1.29 is 14.8 Å². The first kappa shape index (κ1) is 15.4. The third-order valence-corrected chi connectivity index (χ3v) is 3.21. The van der Waals surface area contributed by atoms with Crippen LogP contribution in [0.25, 0.3) is 0 Å². The van der Waals surface area contributed by atoms with Gasteiger partial charge in [0.25, 0.3) is 0 Å². The molecule has 0 atom stereocenters. The summed E-state index contributed by atoms with van der Waals surface area (Å²) in [5.74, 6) is -1.03. The standard InChI is InChI=1S/C11H14BrN3O4/c1-4-14(11(2,3)10(16)17)9-8(15(18)19)5-7(12)6-13-9/h5-6H,4H2,1-3H3,(H,16,17). The van der Waals surface area contributed by atoms with E-state index >= 15 is 0 Å². The molecular weight excluding hydrogens is 318 g/mol. The summed E-state index contributed by atoms with van der Waals surface area (Å²) in [5.41, 5.74) is -1.52. The highest BCUT2D eigenvalue weighted by Gasteiger charge is 2.37. The van der Waals surface area contributed by atoms with Gasteiger partial charge in [-0.15, -0.1) is 0 Å². The van der Waals surface area contributed by atoms with Crippen LogP contribution in [0.2, 0.25) is 0 Å². The van der Waals surface area contributed by atoms with E-state index in [4.69, 9.17) is 0 Å². The van der Waals surface area contributed by atoms with Crippen molar-refractivity contribution in [2.24, 2.45) is 0 Å². The summed E-state index contributed by atoms with van der Waals surface area (Å²) in [7, 11) is 0. The highest BCUT2D eigenvalue weighted by atomic mass is 79.9. The fourth-order valence-corrected chi connectivity index (χ4v) is 2.01.